The maximum absolute atomic E-state index is 15.6. The highest BCUT2D eigenvalue weighted by Crippen LogP contribution is 2.65. The molecular formula is C43H37Cl2N3O9. The van der Waals surface area contributed by atoms with Crippen LogP contribution >= 0.6 is 23.2 Å². The Morgan fingerprint density at radius 2 is 1.49 bits per heavy atom. The third kappa shape index (κ3) is 5.75. The summed E-state index contributed by atoms with van der Waals surface area (Å²) in [4.78, 5) is 72.6. The van der Waals surface area contributed by atoms with Gasteiger partial charge in [0.2, 0.25) is 17.6 Å². The lowest BCUT2D eigenvalue weighted by molar-refractivity contribution is -0.138. The average Bonchev–Trinajstić information content (AvgIpc) is 3.59. The Kier molecular flexibility index (Phi) is 9.52. The number of allylic oxidation sites excluding steroid dienone is 2. The number of nitrogens with zero attached hydrogens (tertiary/aromatic N) is 2. The molecule has 4 aromatic carbocycles. The van der Waals surface area contributed by atoms with E-state index >= 15 is 9.59 Å². The molecule has 0 spiro atoms. The highest BCUT2D eigenvalue weighted by atomic mass is 35.5. The van der Waals surface area contributed by atoms with Crippen molar-refractivity contribution in [2.75, 3.05) is 31.7 Å². The van der Waals surface area contributed by atoms with Gasteiger partial charge in [-0.05, 0) is 104 Å². The summed E-state index contributed by atoms with van der Waals surface area (Å²) in [7, 11) is 4.30. The van der Waals surface area contributed by atoms with E-state index in [-0.39, 0.29) is 52.5 Å². The summed E-state index contributed by atoms with van der Waals surface area (Å²) in [5.41, 5.74) is 4.01. The van der Waals surface area contributed by atoms with E-state index in [1.165, 1.54) is 39.2 Å². The number of nitrogens with one attached hydrogen (secondary N) is 1. The van der Waals surface area contributed by atoms with Crippen LogP contribution in [0.15, 0.2) is 90.5 Å². The molecule has 0 aromatic heterocycles. The number of aromatic hydroxyl groups is 1. The maximum atomic E-state index is 15.6. The van der Waals surface area contributed by atoms with E-state index in [1.807, 2.05) is 6.08 Å². The number of methoxy groups -OCH3 is 3. The lowest BCUT2D eigenvalue weighted by atomic mass is 9.49. The third-order valence-electron chi connectivity index (χ3n) is 11.9. The van der Waals surface area contributed by atoms with Crippen LogP contribution in [-0.4, -0.2) is 60.9 Å². The minimum Gasteiger partial charge on any atom is -0.502 e. The third-order valence-corrected chi connectivity index (χ3v) is 12.5. The first-order valence-corrected chi connectivity index (χ1v) is 19.0. The molecule has 2 aliphatic heterocycles. The zero-order valence-electron chi connectivity index (χ0n) is 31.2. The Bertz CT molecular complexity index is 2370. The van der Waals surface area contributed by atoms with Crippen LogP contribution in [0.25, 0.3) is 0 Å². The molecule has 0 unspecified atom stereocenters. The van der Waals surface area contributed by atoms with Crippen LogP contribution in [0.2, 0.25) is 10.0 Å². The number of ether oxygens (including phenoxy) is 3. The number of carbonyl (C=O) groups is 5. The summed E-state index contributed by atoms with van der Waals surface area (Å²) < 4.78 is 16.7. The fourth-order valence-electron chi connectivity index (χ4n) is 9.40. The number of Topliss-reactive ketones (excluding diaryl/α,β-unsaturated/α-hetero) is 1. The van der Waals surface area contributed by atoms with Crippen LogP contribution in [0.4, 0.5) is 11.4 Å². The Morgan fingerprint density at radius 1 is 0.825 bits per heavy atom. The van der Waals surface area contributed by atoms with Gasteiger partial charge in [0.05, 0.1) is 60.9 Å². The minimum atomic E-state index is -1.65. The van der Waals surface area contributed by atoms with Gasteiger partial charge in [-0.15, -0.1) is 0 Å². The van der Waals surface area contributed by atoms with Gasteiger partial charge in [0.25, 0.3) is 11.8 Å². The van der Waals surface area contributed by atoms with E-state index in [2.05, 4.69) is 5.43 Å². The molecule has 4 aromatic rings. The molecule has 292 valence electrons. The van der Waals surface area contributed by atoms with E-state index in [1.54, 1.807) is 72.8 Å². The minimum absolute atomic E-state index is 0.0368. The molecule has 0 bridgehead atoms. The summed E-state index contributed by atoms with van der Waals surface area (Å²) in [5.74, 6) is -6.08. The highest BCUT2D eigenvalue weighted by Gasteiger charge is 2.70. The van der Waals surface area contributed by atoms with Gasteiger partial charge >= 0.3 is 0 Å². The van der Waals surface area contributed by atoms with E-state index in [9.17, 15) is 19.5 Å². The molecule has 4 aliphatic rings. The molecule has 14 heteroatoms. The van der Waals surface area contributed by atoms with Crippen molar-refractivity contribution in [2.24, 2.45) is 23.7 Å². The zero-order chi connectivity index (χ0) is 40.5. The fourth-order valence-corrected chi connectivity index (χ4v) is 9.85. The number of carbonyl (C=O) groups excluding carboxylic acids is 5. The molecule has 2 aliphatic carbocycles. The highest BCUT2D eigenvalue weighted by molar-refractivity contribution is 6.36. The molecule has 8 rings (SSSR count). The topological polar surface area (TPSA) is 152 Å². The van der Waals surface area contributed by atoms with Crippen LogP contribution in [-0.2, 0) is 24.6 Å². The number of halogens is 2. The molecule has 0 radical (unpaired) electrons. The van der Waals surface area contributed by atoms with Crippen LogP contribution in [0.3, 0.4) is 0 Å². The predicted molar refractivity (Wildman–Crippen MR) is 211 cm³/mol. The number of benzene rings is 4. The Labute approximate surface area is 337 Å². The Hall–Kier alpha value is -5.85. The molecule has 57 heavy (non-hydrogen) atoms. The molecule has 1 saturated carbocycles. The number of hydrazine groups is 1. The van der Waals surface area contributed by atoms with E-state index < -0.39 is 52.7 Å². The van der Waals surface area contributed by atoms with Crippen molar-refractivity contribution in [3.05, 3.63) is 117 Å². The number of phenolic OH excluding ortho intramolecular Hbond substituents is 1. The molecule has 4 amide bonds. The summed E-state index contributed by atoms with van der Waals surface area (Å²) in [6.07, 6.45) is 2.14. The van der Waals surface area contributed by atoms with Crippen LogP contribution in [0.1, 0.15) is 47.2 Å². The largest absolute Gasteiger partial charge is 0.502 e. The first-order valence-electron chi connectivity index (χ1n) is 18.2. The van der Waals surface area contributed by atoms with E-state index in [4.69, 9.17) is 37.4 Å². The standard InChI is InChI=1S/C43H37Cl2N3O9/c1-21(49)22-5-10-26(11-6-22)47-39(51)29-15-14-28-30(36(29)41(47)53)20-31-40(52)48(46-33-16-9-25(44)19-32(33)45)42(54)43(31,24-7-12-27(55-2)13-8-24)37(28)23-17-34(56-3)38(50)35(18-23)57-4/h5-14,16-19,29-31,36-37,46,50H,15,20H2,1-4H3/t29-,30+,31-,36-,37-,43+/m0/s1. The van der Waals surface area contributed by atoms with Gasteiger partial charge in [-0.2, -0.15) is 5.01 Å². The number of amides is 4. The molecule has 2 saturated heterocycles. The SMILES string of the molecule is COc1ccc([C@@]23C(=O)N(Nc4ccc(Cl)cc4Cl)C(=O)[C@@H]2C[C@@H]2C(=CC[C@@H]4C(=O)N(c5ccc(C(C)=O)cc5)C(=O)[C@@H]42)[C@@H]3c2cc(OC)c(O)c(OC)c2)cc1. The molecule has 2 N–H and O–H groups in total. The Morgan fingerprint density at radius 3 is 2.09 bits per heavy atom. The van der Waals surface area contributed by atoms with Gasteiger partial charge in [-0.25, -0.2) is 0 Å². The van der Waals surface area contributed by atoms with Crippen molar-refractivity contribution >= 4 is 64.0 Å². The van der Waals surface area contributed by atoms with Crippen molar-refractivity contribution in [2.45, 2.75) is 31.1 Å². The van der Waals surface area contributed by atoms with Crippen molar-refractivity contribution in [3.8, 4) is 23.0 Å². The van der Waals surface area contributed by atoms with Crippen LogP contribution in [0, 0.1) is 23.7 Å². The molecule has 3 fully saturated rings. The smallest absolute Gasteiger partial charge is 0.260 e. The van der Waals surface area contributed by atoms with Crippen LogP contribution in [0.5, 0.6) is 23.0 Å². The molecule has 2 heterocycles. The lowest BCUT2D eigenvalue weighted by Gasteiger charge is -2.50. The molecule has 12 nitrogen and oxygen atoms in total. The number of rotatable bonds is 9. The summed E-state index contributed by atoms with van der Waals surface area (Å²) >= 11 is 12.8. The number of phenols is 1. The predicted octanol–water partition coefficient (Wildman–Crippen LogP) is 7.12. The van der Waals surface area contributed by atoms with E-state index in [0.29, 0.717) is 38.7 Å². The first kappa shape index (κ1) is 38.0. The molecular weight excluding hydrogens is 773 g/mol. The Balaban J connectivity index is 1.34. The van der Waals surface area contributed by atoms with E-state index in [0.717, 1.165) is 5.01 Å². The average molecular weight is 811 g/mol. The number of imide groups is 2. The zero-order valence-corrected chi connectivity index (χ0v) is 32.8. The van der Waals surface area contributed by atoms with Gasteiger partial charge in [-0.1, -0.05) is 47.0 Å². The van der Waals surface area contributed by atoms with Gasteiger partial charge in [0.1, 0.15) is 5.75 Å². The summed E-state index contributed by atoms with van der Waals surface area (Å²) in [6, 6.07) is 21.1. The van der Waals surface area contributed by atoms with Crippen LogP contribution < -0.4 is 24.5 Å². The van der Waals surface area contributed by atoms with Crippen molar-refractivity contribution in [1.29, 1.82) is 0 Å². The summed E-state index contributed by atoms with van der Waals surface area (Å²) in [6.45, 7) is 1.43. The van der Waals surface area contributed by atoms with Crippen molar-refractivity contribution in [3.63, 3.8) is 0 Å². The summed E-state index contributed by atoms with van der Waals surface area (Å²) in [5, 5.41) is 12.5. The first-order chi connectivity index (χ1) is 27.3. The quantitative estimate of drug-likeness (QED) is 0.102. The number of hydrogen-bond donors (Lipinski definition) is 2. The maximum Gasteiger partial charge on any atom is 0.260 e. The second kappa shape index (κ2) is 14.3. The van der Waals surface area contributed by atoms with Gasteiger partial charge in [0, 0.05) is 16.5 Å². The van der Waals surface area contributed by atoms with Gasteiger partial charge < -0.3 is 19.3 Å². The monoisotopic (exact) mass is 809 g/mol. The normalized spacial score (nSPS) is 25.1. The second-order valence-electron chi connectivity index (χ2n) is 14.6. The number of fused-ring (bicyclic) bond motifs is 4. The number of hydrogen-bond acceptors (Lipinski definition) is 10. The van der Waals surface area contributed by atoms with Crippen molar-refractivity contribution < 1.29 is 43.3 Å². The van der Waals surface area contributed by atoms with Crippen molar-refractivity contribution in [1.82, 2.24) is 5.01 Å². The fraction of sp³-hybridized carbons (Fsp3) is 0.279. The lowest BCUT2D eigenvalue weighted by Crippen LogP contribution is -2.53. The van der Waals surface area contributed by atoms with Gasteiger partial charge in [-0.3, -0.25) is 34.3 Å². The molecule has 6 atom stereocenters. The number of anilines is 2. The van der Waals surface area contributed by atoms with Gasteiger partial charge in [0.15, 0.2) is 17.3 Å². The number of ketones is 1. The second-order valence-corrected chi connectivity index (χ2v) is 15.4.